The van der Waals surface area contributed by atoms with Crippen LogP contribution in [-0.2, 0) is 150 Å². The molecule has 9 aliphatic heterocycles. The summed E-state index contributed by atoms with van der Waals surface area (Å²) in [7, 11) is 0. The van der Waals surface area contributed by atoms with E-state index in [0.717, 1.165) is 22.3 Å². The SMILES string of the molecule is CCC1O[C@@H](O[C@@H]2C(OCc3ccccc3)[C@H](O[C@@H]3C(CC)O[C@@H](O[C@@H]4C(CC)O[C@@H](OCc5ccccc5)C(NC(=O)OCC(Cl)(Cl)Cl)[C@H]4C)C(C)[C@H]3C)OC(CO[C@H]3OC(CC)[C@@H](C)[C@H](C)C3O[C@@H]3OC(CC)[C@@H](O[C@@H]4OC(COC(C)=O)[C@H](C)[C@H](C)C4OC(C)=O)[C@H](C)C3C)[C@H]2C)[C@@H](O[C@@H]2OC(CC)[C@@H](O[C@@H]3OC(COCc4ccccc4)[C@H](C)[C@H](C)C3OCc3ccccc3)[C@H](C)C2C)C(C)[C@H]1C. The summed E-state index contributed by atoms with van der Waals surface area (Å²) in [4.78, 5) is 38.8. The lowest BCUT2D eigenvalue weighted by Crippen LogP contribution is -2.64. The zero-order valence-electron chi connectivity index (χ0n) is 88.1. The molecular formula is C111H166Cl3NO27. The molecule has 1 amide bonds. The van der Waals surface area contributed by atoms with Crippen molar-refractivity contribution in [1.29, 1.82) is 0 Å². The molecule has 13 rings (SSSR count). The minimum absolute atomic E-state index is 0.00702. The van der Waals surface area contributed by atoms with Gasteiger partial charge in [0.25, 0.3) is 0 Å². The van der Waals surface area contributed by atoms with Gasteiger partial charge in [-0.1, -0.05) is 308 Å². The number of carbonyl (C=O) groups excluding carboxylic acids is 3. The maximum atomic E-state index is 13.8. The van der Waals surface area contributed by atoms with E-state index in [1.165, 1.54) is 13.8 Å². The number of amides is 1. The zero-order valence-corrected chi connectivity index (χ0v) is 90.4. The summed E-state index contributed by atoms with van der Waals surface area (Å²) in [5.41, 5.74) is 3.96. The van der Waals surface area contributed by atoms with E-state index in [1.54, 1.807) is 0 Å². The molecule has 9 aliphatic rings. The number of nitrogens with one attached hydrogen (secondary N) is 1. The topological polar surface area (TPSA) is 285 Å². The van der Waals surface area contributed by atoms with Gasteiger partial charge in [0.2, 0.25) is 3.79 Å². The van der Waals surface area contributed by atoms with Crippen LogP contribution in [0.1, 0.15) is 227 Å². The molecule has 0 spiro atoms. The third-order valence-corrected chi connectivity index (χ3v) is 33.3. The van der Waals surface area contributed by atoms with Gasteiger partial charge in [-0.2, -0.15) is 0 Å². The van der Waals surface area contributed by atoms with Crippen LogP contribution < -0.4 is 5.32 Å². The first-order valence-electron chi connectivity index (χ1n) is 52.9. The van der Waals surface area contributed by atoms with Crippen LogP contribution in [0, 0.1) is 94.7 Å². The van der Waals surface area contributed by atoms with Crippen molar-refractivity contribution in [2.24, 2.45) is 94.7 Å². The lowest BCUT2D eigenvalue weighted by atomic mass is 9.81. The standard InChI is InChI=1S/C111H166Cl3NO27/c1-25-81-59(7)64(12)97(141-102-71(19)69(17)92(84(28-4)130-102)138-107-98(126-76(24)117)66(14)62(10)88(134-107)56-120-75(23)116)105(127-81)124-57-89-73(21)95(140-108-99(65(13)60(8)82(26-2)128-108)142-103-72(20)68(16)91(83(27-3)131-103)137-106-96(121-52-78-45-37-32-38-46-78)63(11)61(9)87(133-106)55-119-51-77-43-35-31-36-44-77)100(122-53-79-47-39-33-40-48-79)109(135-89)139-93-67(15)70(18)101(129-85(93)29-5)136-94-74(22)90(115-110(118)125-58-111(112,113)114)104(132-86(94)30-6)123-54-80-49-41-34-42-50-80/h31-50,59-74,81-109H,25-30,51-58H2,1-24H3,(H,115,118)/t59-,60+,61+,62+,63-,64-,65?,66-,67+,68+,69+,70?,71?,72?,73+,74+,81?,82?,83?,84?,85?,86?,87?,88?,89?,90?,91-,92-,93-,94-,95-,96?,97?,98?,99-,100?,101-,102-,103-,104+,105-,106-,107-,108-,109-/m0/s1. The van der Waals surface area contributed by atoms with E-state index < -0.39 is 201 Å². The number of carbonyl (C=O) groups is 3. The summed E-state index contributed by atoms with van der Waals surface area (Å²) in [5.74, 6) is -3.85. The molecule has 31 heteroatoms. The number of hydrogen-bond donors (Lipinski definition) is 1. The first-order chi connectivity index (χ1) is 67.9. The third kappa shape index (κ3) is 28.5. The zero-order chi connectivity index (χ0) is 102. The molecule has 9 fully saturated rings. The number of rotatable bonds is 41. The monoisotopic (exact) mass is 2050 g/mol. The molecule has 0 aromatic heterocycles. The average Bonchev–Trinajstić information content (AvgIpc) is 0.759. The Morgan fingerprint density at radius 3 is 1.01 bits per heavy atom. The van der Waals surface area contributed by atoms with E-state index in [-0.39, 0.29) is 128 Å². The van der Waals surface area contributed by atoms with Gasteiger partial charge in [0.05, 0.1) is 131 Å². The van der Waals surface area contributed by atoms with Crippen molar-refractivity contribution in [3.63, 3.8) is 0 Å². The van der Waals surface area contributed by atoms with Gasteiger partial charge in [0.1, 0.15) is 37.6 Å². The van der Waals surface area contributed by atoms with Crippen molar-refractivity contribution in [3.05, 3.63) is 144 Å². The second-order valence-corrected chi connectivity index (χ2v) is 44.7. The van der Waals surface area contributed by atoms with Gasteiger partial charge >= 0.3 is 18.0 Å². The highest BCUT2D eigenvalue weighted by atomic mass is 35.6. The number of alkyl halides is 3. The van der Waals surface area contributed by atoms with E-state index in [1.807, 2.05) is 132 Å². The van der Waals surface area contributed by atoms with Gasteiger partial charge in [-0.05, 0) is 120 Å². The molecule has 9 heterocycles. The van der Waals surface area contributed by atoms with Crippen molar-refractivity contribution in [1.82, 2.24) is 5.32 Å². The largest absolute Gasteiger partial charge is 0.463 e. The van der Waals surface area contributed by atoms with Gasteiger partial charge in [0, 0.05) is 49.4 Å². The number of alkyl carbamates (subject to hydrolysis) is 1. The molecule has 4 aromatic rings. The molecule has 18 unspecified atom stereocenters. The molecule has 9 saturated heterocycles. The Kier molecular flexibility index (Phi) is 42.8. The van der Waals surface area contributed by atoms with E-state index >= 15 is 0 Å². The Balaban J connectivity index is 0.812. The maximum absolute atomic E-state index is 13.8. The Hall–Kier alpha value is -4.88. The minimum atomic E-state index is -1.86. The third-order valence-electron chi connectivity index (χ3n) is 33.0. The first kappa shape index (κ1) is 114. The molecule has 45 atom stereocenters. The fourth-order valence-electron chi connectivity index (χ4n) is 22.3. The molecule has 142 heavy (non-hydrogen) atoms. The van der Waals surface area contributed by atoms with Gasteiger partial charge in [-0.15, -0.1) is 0 Å². The smallest absolute Gasteiger partial charge is 0.407 e. The van der Waals surface area contributed by atoms with Gasteiger partial charge in [-0.25, -0.2) is 4.79 Å². The number of halogens is 3. The predicted octanol–water partition coefficient (Wildman–Crippen LogP) is 20.4. The van der Waals surface area contributed by atoms with Crippen LogP contribution in [0.5, 0.6) is 0 Å². The Morgan fingerprint density at radius 2 is 0.585 bits per heavy atom. The lowest BCUT2D eigenvalue weighted by molar-refractivity contribution is -0.391. The van der Waals surface area contributed by atoms with Crippen molar-refractivity contribution in [2.45, 2.75) is 414 Å². The highest BCUT2D eigenvalue weighted by Crippen LogP contribution is 2.50. The molecule has 0 aliphatic carbocycles. The van der Waals surface area contributed by atoms with Crippen LogP contribution >= 0.6 is 34.8 Å². The summed E-state index contributed by atoms with van der Waals surface area (Å²) < 4.78 is 168. The quantitative estimate of drug-likeness (QED) is 0.0245. The Bertz CT molecular complexity index is 4400. The molecule has 0 saturated carbocycles. The second-order valence-electron chi connectivity index (χ2n) is 42.2. The van der Waals surface area contributed by atoms with Crippen LogP contribution in [0.25, 0.3) is 0 Å². The average molecular weight is 2050 g/mol. The number of esters is 2. The minimum Gasteiger partial charge on any atom is -0.463 e. The van der Waals surface area contributed by atoms with Crippen molar-refractivity contribution >= 4 is 52.8 Å². The van der Waals surface area contributed by atoms with Crippen LogP contribution in [-0.4, -0.2) is 227 Å². The number of benzene rings is 4. The molecule has 798 valence electrons. The second kappa shape index (κ2) is 53.2. The predicted molar refractivity (Wildman–Crippen MR) is 534 cm³/mol. The van der Waals surface area contributed by atoms with E-state index in [9.17, 15) is 14.4 Å². The van der Waals surface area contributed by atoms with Crippen molar-refractivity contribution in [3.8, 4) is 0 Å². The Morgan fingerprint density at radius 1 is 0.275 bits per heavy atom. The summed E-state index contributed by atoms with van der Waals surface area (Å²) in [6.45, 7) is 50.6. The van der Waals surface area contributed by atoms with Gasteiger partial charge < -0.3 is 119 Å². The van der Waals surface area contributed by atoms with E-state index in [0.29, 0.717) is 58.3 Å². The molecule has 0 bridgehead atoms. The highest BCUT2D eigenvalue weighted by molar-refractivity contribution is 6.67. The molecule has 1 N–H and O–H groups in total. The fourth-order valence-corrected chi connectivity index (χ4v) is 22.5. The number of ether oxygens (including phenoxy) is 24. The molecule has 4 aromatic carbocycles. The fraction of sp³-hybridized carbons (Fsp3) is 0.757. The molecule has 28 nitrogen and oxygen atoms in total. The summed E-state index contributed by atoms with van der Waals surface area (Å²) in [6.07, 6.45) is -16.3. The van der Waals surface area contributed by atoms with Crippen molar-refractivity contribution in [2.75, 3.05) is 26.4 Å². The van der Waals surface area contributed by atoms with E-state index in [4.69, 9.17) is 148 Å². The van der Waals surface area contributed by atoms with Crippen LogP contribution in [0.3, 0.4) is 0 Å². The van der Waals surface area contributed by atoms with Crippen LogP contribution in [0.15, 0.2) is 121 Å². The molecule has 0 radical (unpaired) electrons. The van der Waals surface area contributed by atoms with Gasteiger partial charge in [-0.3, -0.25) is 9.59 Å². The summed E-state index contributed by atoms with van der Waals surface area (Å²) in [5, 5.41) is 2.99. The maximum Gasteiger partial charge on any atom is 0.407 e. The highest BCUT2D eigenvalue weighted by Gasteiger charge is 2.59. The normalized spacial score (nSPS) is 41.1. The molecular weight excluding hydrogens is 1890 g/mol. The van der Waals surface area contributed by atoms with Gasteiger partial charge in [0.15, 0.2) is 62.7 Å². The van der Waals surface area contributed by atoms with Crippen LogP contribution in [0.4, 0.5) is 4.79 Å². The lowest BCUT2D eigenvalue weighted by Gasteiger charge is -2.53. The summed E-state index contributed by atoms with van der Waals surface area (Å²) >= 11 is 18.3. The van der Waals surface area contributed by atoms with Crippen molar-refractivity contribution < 1.29 is 128 Å². The van der Waals surface area contributed by atoms with E-state index in [2.05, 4.69) is 147 Å². The number of hydrogen-bond acceptors (Lipinski definition) is 27. The Labute approximate surface area is 859 Å². The van der Waals surface area contributed by atoms with Crippen LogP contribution in [0.2, 0.25) is 0 Å². The first-order valence-corrected chi connectivity index (χ1v) is 54.1. The summed E-state index contributed by atoms with van der Waals surface area (Å²) in [6, 6.07) is 39.4.